The van der Waals surface area contributed by atoms with Crippen LogP contribution in [0.15, 0.2) is 35.9 Å². The molecule has 0 bridgehead atoms. The van der Waals surface area contributed by atoms with E-state index in [4.69, 9.17) is 14.2 Å². The number of imide groups is 2. The van der Waals surface area contributed by atoms with Crippen LogP contribution in [0.25, 0.3) is 6.08 Å². The molecule has 2 aromatic rings. The van der Waals surface area contributed by atoms with Crippen LogP contribution in [0.4, 0.5) is 10.5 Å². The van der Waals surface area contributed by atoms with Gasteiger partial charge in [0.1, 0.15) is 11.3 Å². The molecule has 1 fully saturated rings. The van der Waals surface area contributed by atoms with Crippen molar-refractivity contribution < 1.29 is 28.6 Å². The van der Waals surface area contributed by atoms with Gasteiger partial charge in [0.15, 0.2) is 11.5 Å². The molecule has 3 rings (SSSR count). The van der Waals surface area contributed by atoms with Crippen molar-refractivity contribution in [2.45, 2.75) is 13.8 Å². The number of carbonyl (C=O) groups is 3. The van der Waals surface area contributed by atoms with Gasteiger partial charge in [0.25, 0.3) is 11.8 Å². The molecule has 0 atom stereocenters. The van der Waals surface area contributed by atoms with Gasteiger partial charge >= 0.3 is 6.03 Å². The van der Waals surface area contributed by atoms with Crippen LogP contribution in [0, 0.1) is 13.8 Å². The van der Waals surface area contributed by atoms with E-state index in [-0.39, 0.29) is 5.57 Å². The summed E-state index contributed by atoms with van der Waals surface area (Å²) in [7, 11) is 4.41. The molecule has 1 heterocycles. The molecular formula is C22H22N2O6. The summed E-state index contributed by atoms with van der Waals surface area (Å²) in [5.41, 5.74) is 2.52. The topological polar surface area (TPSA) is 94.2 Å². The summed E-state index contributed by atoms with van der Waals surface area (Å²) in [4.78, 5) is 38.9. The highest BCUT2D eigenvalue weighted by molar-refractivity contribution is 6.39. The summed E-state index contributed by atoms with van der Waals surface area (Å²) < 4.78 is 15.9. The second-order valence-corrected chi connectivity index (χ2v) is 6.68. The maximum absolute atomic E-state index is 13.1. The van der Waals surface area contributed by atoms with Gasteiger partial charge in [-0.25, -0.2) is 9.69 Å². The summed E-state index contributed by atoms with van der Waals surface area (Å²) in [6.45, 7) is 3.80. The molecule has 1 aliphatic rings. The number of aryl methyl sites for hydroxylation is 2. The Balaban J connectivity index is 2.10. The Bertz CT molecular complexity index is 1070. The first-order valence-corrected chi connectivity index (χ1v) is 9.09. The molecular weight excluding hydrogens is 388 g/mol. The number of urea groups is 1. The third-order valence-corrected chi connectivity index (χ3v) is 4.89. The monoisotopic (exact) mass is 410 g/mol. The normalized spacial score (nSPS) is 15.3. The van der Waals surface area contributed by atoms with Crippen LogP contribution in [0.2, 0.25) is 0 Å². The first-order valence-electron chi connectivity index (χ1n) is 9.09. The lowest BCUT2D eigenvalue weighted by molar-refractivity contribution is -0.122. The van der Waals surface area contributed by atoms with Gasteiger partial charge in [-0.2, -0.15) is 0 Å². The van der Waals surface area contributed by atoms with Gasteiger partial charge in [0.2, 0.25) is 0 Å². The molecule has 1 N–H and O–H groups in total. The maximum atomic E-state index is 13.1. The number of hydrogen-bond acceptors (Lipinski definition) is 6. The highest BCUT2D eigenvalue weighted by Crippen LogP contribution is 2.36. The minimum Gasteiger partial charge on any atom is -0.496 e. The van der Waals surface area contributed by atoms with Crippen molar-refractivity contribution >= 4 is 29.6 Å². The first kappa shape index (κ1) is 20.9. The molecule has 1 saturated heterocycles. The van der Waals surface area contributed by atoms with Crippen molar-refractivity contribution in [2.75, 3.05) is 26.2 Å². The molecule has 0 saturated carbocycles. The van der Waals surface area contributed by atoms with Gasteiger partial charge in [-0.3, -0.25) is 14.9 Å². The summed E-state index contributed by atoms with van der Waals surface area (Å²) in [5, 5.41) is 2.21. The number of nitrogens with zero attached hydrogens (tertiary/aromatic N) is 1. The van der Waals surface area contributed by atoms with E-state index in [1.807, 2.05) is 19.9 Å². The predicted octanol–water partition coefficient (Wildman–Crippen LogP) is 3.00. The average molecular weight is 410 g/mol. The minimum absolute atomic E-state index is 0.210. The molecule has 8 heteroatoms. The Morgan fingerprint density at radius 2 is 1.47 bits per heavy atom. The second-order valence-electron chi connectivity index (χ2n) is 6.68. The molecule has 0 aliphatic carbocycles. The van der Waals surface area contributed by atoms with E-state index in [0.29, 0.717) is 28.5 Å². The van der Waals surface area contributed by atoms with E-state index in [9.17, 15) is 14.4 Å². The van der Waals surface area contributed by atoms with E-state index in [0.717, 1.165) is 16.0 Å². The minimum atomic E-state index is -0.801. The van der Waals surface area contributed by atoms with Gasteiger partial charge < -0.3 is 14.2 Å². The molecule has 0 spiro atoms. The molecule has 0 radical (unpaired) electrons. The van der Waals surface area contributed by atoms with Gasteiger partial charge in [-0.05, 0) is 49.2 Å². The number of methoxy groups -OCH3 is 3. The number of anilines is 1. The Morgan fingerprint density at radius 1 is 0.833 bits per heavy atom. The van der Waals surface area contributed by atoms with Crippen LogP contribution in [0.5, 0.6) is 17.2 Å². The van der Waals surface area contributed by atoms with Crippen LogP contribution < -0.4 is 24.4 Å². The van der Waals surface area contributed by atoms with Crippen molar-refractivity contribution in [1.29, 1.82) is 0 Å². The number of ether oxygens (including phenoxy) is 3. The van der Waals surface area contributed by atoms with Crippen molar-refractivity contribution in [1.82, 2.24) is 5.32 Å². The highest BCUT2D eigenvalue weighted by Gasteiger charge is 2.37. The number of hydrogen-bond donors (Lipinski definition) is 1. The van der Waals surface area contributed by atoms with Crippen molar-refractivity contribution in [3.8, 4) is 17.2 Å². The van der Waals surface area contributed by atoms with Crippen molar-refractivity contribution in [2.24, 2.45) is 0 Å². The lowest BCUT2D eigenvalue weighted by Gasteiger charge is -2.27. The average Bonchev–Trinajstić information content (AvgIpc) is 2.72. The summed E-state index contributed by atoms with van der Waals surface area (Å²) in [6.07, 6.45) is 1.36. The van der Waals surface area contributed by atoms with E-state index in [1.165, 1.54) is 27.4 Å². The van der Waals surface area contributed by atoms with Crippen molar-refractivity contribution in [3.05, 3.63) is 52.6 Å². The molecule has 0 aromatic heterocycles. The summed E-state index contributed by atoms with van der Waals surface area (Å²) in [5.74, 6) is -0.320. The molecule has 2 aromatic carbocycles. The highest BCUT2D eigenvalue weighted by atomic mass is 16.5. The quantitative estimate of drug-likeness (QED) is 0.602. The Morgan fingerprint density at radius 3 is 2.07 bits per heavy atom. The number of benzene rings is 2. The standard InChI is InChI=1S/C22H22N2O6/c1-12-6-7-15(8-13(12)2)24-21(26)16(20(25)23-22(24)27)9-14-10-18(29-4)19(30-5)11-17(14)28-3/h6-11H,1-5H3,(H,23,25,27)/b16-9+. The first-order chi connectivity index (χ1) is 14.3. The fraction of sp³-hybridized carbons (Fsp3) is 0.227. The van der Waals surface area contributed by atoms with Crippen LogP contribution >= 0.6 is 0 Å². The zero-order chi connectivity index (χ0) is 22.0. The molecule has 30 heavy (non-hydrogen) atoms. The summed E-state index contributed by atoms with van der Waals surface area (Å²) >= 11 is 0. The van der Waals surface area contributed by atoms with Crippen LogP contribution in [0.1, 0.15) is 16.7 Å². The number of carbonyl (C=O) groups excluding carboxylic acids is 3. The molecule has 8 nitrogen and oxygen atoms in total. The molecule has 0 unspecified atom stereocenters. The van der Waals surface area contributed by atoms with E-state index >= 15 is 0 Å². The largest absolute Gasteiger partial charge is 0.496 e. The van der Waals surface area contributed by atoms with Crippen LogP contribution in [-0.4, -0.2) is 39.2 Å². The lowest BCUT2D eigenvalue weighted by atomic mass is 10.0. The number of amides is 4. The maximum Gasteiger partial charge on any atom is 0.335 e. The SMILES string of the molecule is COc1cc(OC)c(OC)cc1/C=C1\C(=O)NC(=O)N(c2ccc(C)c(C)c2)C1=O. The van der Waals surface area contributed by atoms with E-state index < -0.39 is 17.8 Å². The van der Waals surface area contributed by atoms with E-state index in [1.54, 1.807) is 24.3 Å². The lowest BCUT2D eigenvalue weighted by Crippen LogP contribution is -2.54. The van der Waals surface area contributed by atoms with Gasteiger partial charge in [0.05, 0.1) is 27.0 Å². The van der Waals surface area contributed by atoms with Gasteiger partial charge in [-0.1, -0.05) is 6.07 Å². The van der Waals surface area contributed by atoms with Gasteiger partial charge in [0, 0.05) is 11.6 Å². The molecule has 1 aliphatic heterocycles. The number of barbiturate groups is 1. The third kappa shape index (κ3) is 3.71. The third-order valence-electron chi connectivity index (χ3n) is 4.89. The summed E-state index contributed by atoms with van der Waals surface area (Å²) in [6, 6.07) is 7.55. The molecule has 4 amide bonds. The zero-order valence-electron chi connectivity index (χ0n) is 17.4. The van der Waals surface area contributed by atoms with E-state index in [2.05, 4.69) is 5.32 Å². The predicted molar refractivity (Wildman–Crippen MR) is 111 cm³/mol. The Labute approximate surface area is 174 Å². The smallest absolute Gasteiger partial charge is 0.335 e. The Kier molecular flexibility index (Phi) is 5.77. The molecule has 156 valence electrons. The fourth-order valence-electron chi connectivity index (χ4n) is 3.08. The number of nitrogens with one attached hydrogen (secondary N) is 1. The van der Waals surface area contributed by atoms with Crippen LogP contribution in [-0.2, 0) is 9.59 Å². The Hall–Kier alpha value is -3.81. The van der Waals surface area contributed by atoms with Crippen molar-refractivity contribution in [3.63, 3.8) is 0 Å². The fourth-order valence-corrected chi connectivity index (χ4v) is 3.08. The second kappa shape index (κ2) is 8.28. The van der Waals surface area contributed by atoms with Gasteiger partial charge in [-0.15, -0.1) is 0 Å². The zero-order valence-corrected chi connectivity index (χ0v) is 17.4. The van der Waals surface area contributed by atoms with Crippen LogP contribution in [0.3, 0.4) is 0 Å². The number of rotatable bonds is 5.